The van der Waals surface area contributed by atoms with E-state index in [1.54, 1.807) is 14.0 Å². The summed E-state index contributed by atoms with van der Waals surface area (Å²) in [5.41, 5.74) is -1.09. The number of pyridine rings is 1. The number of aromatic nitrogens is 1. The average molecular weight is 345 g/mol. The van der Waals surface area contributed by atoms with Gasteiger partial charge in [0, 0.05) is 18.8 Å². The summed E-state index contributed by atoms with van der Waals surface area (Å²) in [5, 5.41) is -0.238. The number of sulfone groups is 1. The molecule has 120 valence electrons. The first-order valence-corrected chi connectivity index (χ1v) is 8.44. The molecule has 1 rings (SSSR count). The van der Waals surface area contributed by atoms with Gasteiger partial charge in [-0.15, -0.1) is 0 Å². The summed E-state index contributed by atoms with van der Waals surface area (Å²) in [6, 6.07) is 2.11. The highest BCUT2D eigenvalue weighted by molar-refractivity contribution is 7.90. The number of alkyl halides is 3. The lowest BCUT2D eigenvalue weighted by Gasteiger charge is -2.25. The third-order valence-electron chi connectivity index (χ3n) is 2.93. The van der Waals surface area contributed by atoms with Crippen LogP contribution in [-0.4, -0.2) is 43.4 Å². The van der Waals surface area contributed by atoms with Gasteiger partial charge in [0.1, 0.15) is 15.0 Å². The molecule has 1 unspecified atom stereocenters. The van der Waals surface area contributed by atoms with Crippen LogP contribution in [0.1, 0.15) is 18.2 Å². The molecule has 4 nitrogen and oxygen atoms in total. The molecule has 1 heterocycles. The van der Waals surface area contributed by atoms with E-state index in [0.717, 1.165) is 6.26 Å². The van der Waals surface area contributed by atoms with Crippen molar-refractivity contribution in [3.05, 3.63) is 28.5 Å². The van der Waals surface area contributed by atoms with Crippen molar-refractivity contribution in [2.45, 2.75) is 25.7 Å². The molecule has 0 aliphatic rings. The summed E-state index contributed by atoms with van der Waals surface area (Å²) >= 11 is 5.51. The van der Waals surface area contributed by atoms with Gasteiger partial charge in [-0.3, -0.25) is 4.90 Å². The normalized spacial score (nSPS) is 14.5. The molecule has 9 heteroatoms. The maximum Gasteiger partial charge on any atom is 0.433 e. The Balaban J connectivity index is 2.98. The van der Waals surface area contributed by atoms with Gasteiger partial charge in [0.15, 0.2) is 5.69 Å². The zero-order valence-electron chi connectivity index (χ0n) is 11.8. The fourth-order valence-corrected chi connectivity index (χ4v) is 3.11. The molecule has 1 aromatic rings. The first-order chi connectivity index (χ1) is 9.40. The lowest BCUT2D eigenvalue weighted by molar-refractivity contribution is -0.142. The van der Waals surface area contributed by atoms with E-state index in [2.05, 4.69) is 4.98 Å². The molecule has 0 aliphatic heterocycles. The molecule has 0 radical (unpaired) electrons. The fourth-order valence-electron chi connectivity index (χ4n) is 1.83. The van der Waals surface area contributed by atoms with Gasteiger partial charge in [0.2, 0.25) is 0 Å². The van der Waals surface area contributed by atoms with Gasteiger partial charge in [0.25, 0.3) is 0 Å². The minimum absolute atomic E-state index is 0.0465. The molecule has 1 atom stereocenters. The topological polar surface area (TPSA) is 50.3 Å². The van der Waals surface area contributed by atoms with Gasteiger partial charge in [0.05, 0.1) is 5.75 Å². The van der Waals surface area contributed by atoms with E-state index in [-0.39, 0.29) is 23.0 Å². The standard InChI is InChI=1S/C12H16ClF3N2O2S/c1-8(7-21(3,19)20)18(2)6-9-4-5-10(13)17-11(9)12(14,15)16/h4-5,8H,6-7H2,1-3H3. The van der Waals surface area contributed by atoms with Crippen molar-refractivity contribution in [2.75, 3.05) is 19.1 Å². The summed E-state index contributed by atoms with van der Waals surface area (Å²) in [7, 11) is -1.65. The van der Waals surface area contributed by atoms with Gasteiger partial charge in [-0.1, -0.05) is 17.7 Å². The number of hydrogen-bond acceptors (Lipinski definition) is 4. The van der Waals surface area contributed by atoms with Gasteiger partial charge in [-0.25, -0.2) is 13.4 Å². The van der Waals surface area contributed by atoms with Crippen molar-refractivity contribution >= 4 is 21.4 Å². The second-order valence-electron chi connectivity index (χ2n) is 5.00. The Kier molecular flexibility index (Phi) is 5.63. The van der Waals surface area contributed by atoms with Gasteiger partial charge in [-0.2, -0.15) is 13.2 Å². The van der Waals surface area contributed by atoms with Crippen LogP contribution in [0.2, 0.25) is 5.15 Å². The van der Waals surface area contributed by atoms with Crippen LogP contribution in [0.15, 0.2) is 12.1 Å². The molecule has 0 saturated heterocycles. The Morgan fingerprint density at radius 3 is 2.43 bits per heavy atom. The molecule has 0 spiro atoms. The molecule has 0 aromatic carbocycles. The molecular weight excluding hydrogens is 329 g/mol. The fraction of sp³-hybridized carbons (Fsp3) is 0.583. The smallest absolute Gasteiger partial charge is 0.298 e. The maximum atomic E-state index is 12.9. The second-order valence-corrected chi connectivity index (χ2v) is 7.57. The molecule has 0 saturated carbocycles. The second kappa shape index (κ2) is 6.50. The molecule has 0 bridgehead atoms. The van der Waals surface area contributed by atoms with Crippen molar-refractivity contribution in [3.63, 3.8) is 0 Å². The lowest BCUT2D eigenvalue weighted by Crippen LogP contribution is -2.35. The Hall–Kier alpha value is -0.860. The predicted molar refractivity (Wildman–Crippen MR) is 74.9 cm³/mol. The van der Waals surface area contributed by atoms with Crippen LogP contribution in [-0.2, 0) is 22.6 Å². The first kappa shape index (κ1) is 18.2. The molecule has 21 heavy (non-hydrogen) atoms. The minimum atomic E-state index is -4.61. The van der Waals surface area contributed by atoms with Crippen molar-refractivity contribution in [1.29, 1.82) is 0 Å². The highest BCUT2D eigenvalue weighted by Crippen LogP contribution is 2.32. The van der Waals surface area contributed by atoms with Crippen LogP contribution in [0.4, 0.5) is 13.2 Å². The number of rotatable bonds is 5. The van der Waals surface area contributed by atoms with Crippen molar-refractivity contribution in [1.82, 2.24) is 9.88 Å². The quantitative estimate of drug-likeness (QED) is 0.770. The predicted octanol–water partition coefficient (Wildman–Crippen LogP) is 2.62. The minimum Gasteiger partial charge on any atom is -0.298 e. The first-order valence-electron chi connectivity index (χ1n) is 6.00. The van der Waals surface area contributed by atoms with E-state index in [0.29, 0.717) is 0 Å². The van der Waals surface area contributed by atoms with Crippen molar-refractivity contribution in [2.24, 2.45) is 0 Å². The molecule has 0 fully saturated rings. The Morgan fingerprint density at radius 1 is 1.38 bits per heavy atom. The van der Waals surface area contributed by atoms with Crippen LogP contribution >= 0.6 is 11.6 Å². The Bertz CT molecular complexity index is 605. The van der Waals surface area contributed by atoms with E-state index in [4.69, 9.17) is 11.6 Å². The van der Waals surface area contributed by atoms with Crippen molar-refractivity contribution < 1.29 is 21.6 Å². The maximum absolute atomic E-state index is 12.9. The van der Waals surface area contributed by atoms with Crippen LogP contribution in [0, 0.1) is 0 Å². The van der Waals surface area contributed by atoms with Crippen LogP contribution in [0.25, 0.3) is 0 Å². The average Bonchev–Trinajstić information content (AvgIpc) is 2.27. The van der Waals surface area contributed by atoms with Crippen LogP contribution < -0.4 is 0 Å². The number of halogens is 4. The zero-order valence-corrected chi connectivity index (χ0v) is 13.3. The van der Waals surface area contributed by atoms with E-state index >= 15 is 0 Å². The third kappa shape index (κ3) is 5.80. The molecule has 0 N–H and O–H groups in total. The van der Waals surface area contributed by atoms with Gasteiger partial charge < -0.3 is 0 Å². The van der Waals surface area contributed by atoms with Gasteiger partial charge >= 0.3 is 6.18 Å². The largest absolute Gasteiger partial charge is 0.433 e. The van der Waals surface area contributed by atoms with E-state index in [1.807, 2.05) is 0 Å². The van der Waals surface area contributed by atoms with Crippen LogP contribution in [0.3, 0.4) is 0 Å². The van der Waals surface area contributed by atoms with E-state index < -0.39 is 27.7 Å². The summed E-state index contributed by atoms with van der Waals surface area (Å²) in [6.45, 7) is 1.56. The molecular formula is C12H16ClF3N2O2S. The molecule has 0 aliphatic carbocycles. The van der Waals surface area contributed by atoms with Crippen LogP contribution in [0.5, 0.6) is 0 Å². The SMILES string of the molecule is CC(CS(C)(=O)=O)N(C)Cc1ccc(Cl)nc1C(F)(F)F. The summed E-state index contributed by atoms with van der Waals surface area (Å²) in [4.78, 5) is 4.86. The Morgan fingerprint density at radius 2 is 1.95 bits per heavy atom. The summed E-state index contributed by atoms with van der Waals surface area (Å²) in [5.74, 6) is -0.133. The zero-order chi connectivity index (χ0) is 16.4. The summed E-state index contributed by atoms with van der Waals surface area (Å²) < 4.78 is 61.2. The van der Waals surface area contributed by atoms with Gasteiger partial charge in [-0.05, 0) is 25.6 Å². The highest BCUT2D eigenvalue weighted by atomic mass is 35.5. The number of nitrogens with zero attached hydrogens (tertiary/aromatic N) is 2. The van der Waals surface area contributed by atoms with E-state index in [9.17, 15) is 21.6 Å². The number of hydrogen-bond donors (Lipinski definition) is 0. The molecule has 0 amide bonds. The highest BCUT2D eigenvalue weighted by Gasteiger charge is 2.36. The lowest BCUT2D eigenvalue weighted by atomic mass is 10.1. The third-order valence-corrected chi connectivity index (χ3v) is 4.23. The Labute approximate surface area is 126 Å². The van der Waals surface area contributed by atoms with Crippen molar-refractivity contribution in [3.8, 4) is 0 Å². The summed E-state index contributed by atoms with van der Waals surface area (Å²) in [6.07, 6.45) is -3.52. The van der Waals surface area contributed by atoms with E-state index in [1.165, 1.54) is 17.0 Å². The molecule has 1 aromatic heterocycles. The monoisotopic (exact) mass is 344 g/mol.